The highest BCUT2D eigenvalue weighted by atomic mass is 32.1. The van der Waals surface area contributed by atoms with Crippen molar-refractivity contribution in [1.82, 2.24) is 35.2 Å². The summed E-state index contributed by atoms with van der Waals surface area (Å²) in [5.74, 6) is -6.02. The summed E-state index contributed by atoms with van der Waals surface area (Å²) in [6, 6.07) is 3.06. The molecule has 5 rings (SSSR count). The van der Waals surface area contributed by atoms with Gasteiger partial charge in [0.2, 0.25) is 11.8 Å². The number of halogens is 5. The Morgan fingerprint density at radius 3 is 2.61 bits per heavy atom. The second kappa shape index (κ2) is 10.7. The molecular weight excluding hydrogens is 613 g/mol. The molecule has 1 atom stereocenters. The van der Waals surface area contributed by atoms with E-state index in [1.165, 1.54) is 29.7 Å². The van der Waals surface area contributed by atoms with Crippen molar-refractivity contribution in [1.29, 1.82) is 0 Å². The van der Waals surface area contributed by atoms with Gasteiger partial charge in [-0.1, -0.05) is 13.8 Å². The Kier molecular flexibility index (Phi) is 7.56. The molecule has 44 heavy (non-hydrogen) atoms. The second-order valence-electron chi connectivity index (χ2n) is 11.3. The second-order valence-corrected chi connectivity index (χ2v) is 12.2. The monoisotopic (exact) mass is 639 g/mol. The number of nitrogens with two attached hydrogens (primary N) is 1. The predicted octanol–water partition coefficient (Wildman–Crippen LogP) is 4.04. The van der Waals surface area contributed by atoms with Crippen LogP contribution in [0.3, 0.4) is 0 Å². The Bertz CT molecular complexity index is 1770. The number of nitrogen functional groups attached to an aromatic ring is 1. The summed E-state index contributed by atoms with van der Waals surface area (Å²) in [6.07, 6.45) is -5.60. The fraction of sp³-hybridized carbons (Fsp3) is 0.423. The van der Waals surface area contributed by atoms with Gasteiger partial charge < -0.3 is 11.1 Å². The van der Waals surface area contributed by atoms with E-state index in [2.05, 4.69) is 30.4 Å². The van der Waals surface area contributed by atoms with Crippen molar-refractivity contribution in [2.45, 2.75) is 64.1 Å². The van der Waals surface area contributed by atoms with Gasteiger partial charge in [0, 0.05) is 37.4 Å². The van der Waals surface area contributed by atoms with Crippen LogP contribution in [0.2, 0.25) is 0 Å². The van der Waals surface area contributed by atoms with Crippen LogP contribution in [0.25, 0.3) is 22.6 Å². The molecule has 1 aliphatic heterocycles. The number of hydrogen-bond acceptors (Lipinski definition) is 10. The van der Waals surface area contributed by atoms with Crippen molar-refractivity contribution in [3.63, 3.8) is 0 Å². The van der Waals surface area contributed by atoms with Gasteiger partial charge in [-0.3, -0.25) is 14.8 Å². The molecule has 2 amide bonds. The minimum atomic E-state index is -5.72. The van der Waals surface area contributed by atoms with Gasteiger partial charge in [0.25, 0.3) is 0 Å². The number of hydroxylamine groups is 1. The number of rotatable bonds is 9. The number of carbonyl (C=O) groups excluding carboxylic acids is 2. The van der Waals surface area contributed by atoms with Crippen molar-refractivity contribution < 1.29 is 36.7 Å². The van der Waals surface area contributed by atoms with Gasteiger partial charge in [-0.15, -0.1) is 11.3 Å². The van der Waals surface area contributed by atoms with Crippen molar-refractivity contribution in [3.05, 3.63) is 40.0 Å². The summed E-state index contributed by atoms with van der Waals surface area (Å²) >= 11 is 1.28. The van der Waals surface area contributed by atoms with Crippen LogP contribution < -0.4 is 16.5 Å². The van der Waals surface area contributed by atoms with Gasteiger partial charge in [-0.2, -0.15) is 27.1 Å². The highest BCUT2D eigenvalue weighted by molar-refractivity contribution is 7.09. The van der Waals surface area contributed by atoms with Gasteiger partial charge in [0.15, 0.2) is 11.5 Å². The summed E-state index contributed by atoms with van der Waals surface area (Å²) in [5.41, 5.74) is 6.76. The Balaban J connectivity index is 1.45. The molecular formula is C26H26F5N9O3S. The SMILES string of the molecule is CC(C)(Cc1csc(C[C@]2(C)C(=O)Nc3nc(-c4nn(CCC(F)(F)C(F)(F)F)c5ncccc45)nc(N)c32)n1)C(=O)NO. The molecule has 18 heteroatoms. The zero-order valence-electron chi connectivity index (χ0n) is 23.5. The first kappa shape index (κ1) is 31.1. The van der Waals surface area contributed by atoms with E-state index < -0.39 is 47.7 Å². The van der Waals surface area contributed by atoms with Crippen LogP contribution in [0.5, 0.6) is 0 Å². The van der Waals surface area contributed by atoms with Gasteiger partial charge in [-0.25, -0.2) is 30.1 Å². The average Bonchev–Trinajstić information content (AvgIpc) is 3.60. The van der Waals surface area contributed by atoms with Crippen LogP contribution in [-0.2, 0) is 34.4 Å². The predicted molar refractivity (Wildman–Crippen MR) is 148 cm³/mol. The third-order valence-electron chi connectivity index (χ3n) is 7.44. The van der Waals surface area contributed by atoms with Gasteiger partial charge in [0.1, 0.15) is 17.3 Å². The lowest BCUT2D eigenvalue weighted by Gasteiger charge is -2.22. The highest BCUT2D eigenvalue weighted by Gasteiger charge is 2.57. The number of aryl methyl sites for hydroxylation is 1. The van der Waals surface area contributed by atoms with Crippen molar-refractivity contribution in [2.24, 2.45) is 5.41 Å². The molecule has 4 aromatic rings. The highest BCUT2D eigenvalue weighted by Crippen LogP contribution is 2.44. The first-order valence-electron chi connectivity index (χ1n) is 13.1. The molecule has 0 saturated heterocycles. The first-order chi connectivity index (χ1) is 20.5. The Morgan fingerprint density at radius 2 is 1.93 bits per heavy atom. The van der Waals surface area contributed by atoms with Crippen molar-refractivity contribution in [2.75, 3.05) is 11.1 Å². The number of aromatic nitrogens is 6. The zero-order valence-corrected chi connectivity index (χ0v) is 24.3. The Hall–Kier alpha value is -4.32. The molecule has 0 radical (unpaired) electrons. The number of nitrogens with zero attached hydrogens (tertiary/aromatic N) is 6. The van der Waals surface area contributed by atoms with E-state index in [1.807, 2.05) is 0 Å². The van der Waals surface area contributed by atoms with Crippen LogP contribution in [0.4, 0.5) is 33.6 Å². The number of anilines is 2. The van der Waals surface area contributed by atoms with Crippen LogP contribution in [-0.4, -0.2) is 58.8 Å². The summed E-state index contributed by atoms with van der Waals surface area (Å²) in [4.78, 5) is 42.6. The van der Waals surface area contributed by atoms with Gasteiger partial charge in [0.05, 0.1) is 32.5 Å². The van der Waals surface area contributed by atoms with Crippen LogP contribution in [0.15, 0.2) is 23.7 Å². The molecule has 1 aliphatic rings. The van der Waals surface area contributed by atoms with E-state index in [4.69, 9.17) is 10.9 Å². The standard InChI is InChI=1S/C26H26F5N9O3S/c1-23(2,21(41)39-43)9-12-11-44-14(34-12)10-24(3)15-17(32)35-19(36-18(15)37-22(24)42)16-13-5-4-7-33-20(13)40(38-16)8-6-25(27,28)26(29,30)31/h4-5,7,11,43H,6,8-10H2,1-3H3,(H,39,41)(H3,32,35,36,37,42)/t24-/m0/s1. The lowest BCUT2D eigenvalue weighted by atomic mass is 9.81. The van der Waals surface area contributed by atoms with E-state index in [-0.39, 0.29) is 47.0 Å². The van der Waals surface area contributed by atoms with Crippen LogP contribution in [0.1, 0.15) is 43.5 Å². The number of nitrogens with one attached hydrogen (secondary N) is 2. The van der Waals surface area contributed by atoms with Gasteiger partial charge >= 0.3 is 12.1 Å². The lowest BCUT2D eigenvalue weighted by Crippen LogP contribution is -2.37. The number of thiazole rings is 1. The number of amides is 2. The molecule has 0 spiro atoms. The molecule has 5 heterocycles. The molecule has 234 valence electrons. The lowest BCUT2D eigenvalue weighted by molar-refractivity contribution is -0.285. The van der Waals surface area contributed by atoms with E-state index in [0.29, 0.717) is 16.3 Å². The third-order valence-corrected chi connectivity index (χ3v) is 8.33. The summed E-state index contributed by atoms with van der Waals surface area (Å²) < 4.78 is 66.4. The number of hydrogen-bond donors (Lipinski definition) is 4. The average molecular weight is 640 g/mol. The quantitative estimate of drug-likeness (QED) is 0.120. The zero-order chi connectivity index (χ0) is 32.2. The van der Waals surface area contributed by atoms with E-state index in [9.17, 15) is 31.5 Å². The van der Waals surface area contributed by atoms with Crippen LogP contribution >= 0.6 is 11.3 Å². The topological polar surface area (TPSA) is 174 Å². The summed E-state index contributed by atoms with van der Waals surface area (Å²) in [6.45, 7) is 4.14. The largest absolute Gasteiger partial charge is 0.453 e. The molecule has 0 saturated carbocycles. The molecule has 0 bridgehead atoms. The molecule has 0 aliphatic carbocycles. The minimum Gasteiger partial charge on any atom is -0.383 e. The van der Waals surface area contributed by atoms with Crippen LogP contribution in [0, 0.1) is 5.41 Å². The normalized spacial score (nSPS) is 17.2. The molecule has 0 unspecified atom stereocenters. The number of carbonyl (C=O) groups is 2. The number of alkyl halides is 5. The van der Waals surface area contributed by atoms with E-state index >= 15 is 0 Å². The molecule has 12 nitrogen and oxygen atoms in total. The number of fused-ring (bicyclic) bond motifs is 2. The van der Waals surface area contributed by atoms with E-state index in [1.54, 1.807) is 31.6 Å². The molecule has 4 aromatic heterocycles. The van der Waals surface area contributed by atoms with Crippen molar-refractivity contribution >= 4 is 45.8 Å². The summed E-state index contributed by atoms with van der Waals surface area (Å²) in [5, 5.41) is 18.5. The molecule has 5 N–H and O–H groups in total. The number of pyridine rings is 1. The first-order valence-corrected chi connectivity index (χ1v) is 14.0. The third kappa shape index (κ3) is 5.42. The van der Waals surface area contributed by atoms with E-state index in [0.717, 1.165) is 4.68 Å². The van der Waals surface area contributed by atoms with Crippen molar-refractivity contribution in [3.8, 4) is 11.5 Å². The Morgan fingerprint density at radius 1 is 1.20 bits per heavy atom. The Labute approximate surface area is 249 Å². The maximum Gasteiger partial charge on any atom is 0.453 e. The fourth-order valence-corrected chi connectivity index (χ4v) is 5.91. The smallest absolute Gasteiger partial charge is 0.383 e. The summed E-state index contributed by atoms with van der Waals surface area (Å²) in [7, 11) is 0. The maximum absolute atomic E-state index is 13.6. The minimum absolute atomic E-state index is 0.0277. The van der Waals surface area contributed by atoms with Gasteiger partial charge in [-0.05, 0) is 19.1 Å². The molecule has 0 aromatic carbocycles. The fourth-order valence-electron chi connectivity index (χ4n) is 4.96. The molecule has 0 fully saturated rings. The maximum atomic E-state index is 13.6.